The second-order valence-electron chi connectivity index (χ2n) is 4.85. The van der Waals surface area contributed by atoms with Crippen molar-refractivity contribution in [3.63, 3.8) is 0 Å². The summed E-state index contributed by atoms with van der Waals surface area (Å²) >= 11 is 0. The third-order valence-electron chi connectivity index (χ3n) is 3.41. The van der Waals surface area contributed by atoms with Crippen LogP contribution in [0.2, 0.25) is 0 Å². The van der Waals surface area contributed by atoms with Gasteiger partial charge in [0.25, 0.3) is 5.60 Å². The molecule has 2 aliphatic rings. The number of ketones is 2. The second-order valence-corrected chi connectivity index (χ2v) is 4.85. The number of hydrogen-bond acceptors (Lipinski definition) is 5. The molecule has 3 rings (SSSR count). The molecule has 0 saturated carbocycles. The molecule has 1 fully saturated rings. The van der Waals surface area contributed by atoms with Crippen molar-refractivity contribution in [2.45, 2.75) is 25.4 Å². The summed E-state index contributed by atoms with van der Waals surface area (Å²) in [7, 11) is 0. The molecule has 1 atom stereocenters. The fourth-order valence-corrected chi connectivity index (χ4v) is 2.49. The van der Waals surface area contributed by atoms with Crippen LogP contribution in [0.3, 0.4) is 0 Å². The number of cyclic esters (lactones) is 1. The van der Waals surface area contributed by atoms with E-state index in [9.17, 15) is 14.4 Å². The largest absolute Gasteiger partial charge is 0.466 e. The molecule has 1 saturated heterocycles. The lowest BCUT2D eigenvalue weighted by Crippen LogP contribution is -2.44. The molecule has 2 heterocycles. The molecule has 98 valence electrons. The first kappa shape index (κ1) is 11.9. The highest BCUT2D eigenvalue weighted by molar-refractivity contribution is 6.19. The maximum Gasteiger partial charge on any atom is 0.358 e. The minimum atomic E-state index is -1.49. The summed E-state index contributed by atoms with van der Waals surface area (Å²) in [5.74, 6) is -0.581. The van der Waals surface area contributed by atoms with Gasteiger partial charge in [-0.2, -0.15) is 0 Å². The standard InChI is InChI=1S/C14H12O5/c1-8(15)6-9-2-3-10-11(7-9)19-14(12(10)16)4-5-18-13(14)17/h2-3,7H,4-6H2,1H3. The molecule has 5 heteroatoms. The molecule has 5 nitrogen and oxygen atoms in total. The van der Waals surface area contributed by atoms with Crippen molar-refractivity contribution in [2.75, 3.05) is 6.61 Å². The first-order valence-electron chi connectivity index (χ1n) is 6.06. The lowest BCUT2D eigenvalue weighted by molar-refractivity contribution is -0.147. The van der Waals surface area contributed by atoms with Gasteiger partial charge in [-0.1, -0.05) is 6.07 Å². The summed E-state index contributed by atoms with van der Waals surface area (Å²) in [5.41, 5.74) is -0.342. The number of fused-ring (bicyclic) bond motifs is 1. The van der Waals surface area contributed by atoms with Crippen molar-refractivity contribution in [2.24, 2.45) is 0 Å². The molecule has 0 amide bonds. The Balaban J connectivity index is 1.99. The number of rotatable bonds is 2. The van der Waals surface area contributed by atoms with Crippen LogP contribution in [0.4, 0.5) is 0 Å². The van der Waals surface area contributed by atoms with Gasteiger partial charge in [0.1, 0.15) is 11.5 Å². The zero-order valence-electron chi connectivity index (χ0n) is 10.4. The Morgan fingerprint density at radius 3 is 2.79 bits per heavy atom. The number of Topliss-reactive ketones (excluding diaryl/α,β-unsaturated/α-hetero) is 2. The first-order valence-corrected chi connectivity index (χ1v) is 6.06. The van der Waals surface area contributed by atoms with Crippen LogP contribution in [-0.2, 0) is 20.7 Å². The van der Waals surface area contributed by atoms with Gasteiger partial charge in [0.2, 0.25) is 5.78 Å². The van der Waals surface area contributed by atoms with Gasteiger partial charge in [-0.25, -0.2) is 4.79 Å². The van der Waals surface area contributed by atoms with Crippen molar-refractivity contribution >= 4 is 17.5 Å². The maximum absolute atomic E-state index is 12.3. The molecule has 0 aromatic heterocycles. The Morgan fingerprint density at radius 2 is 2.16 bits per heavy atom. The molecule has 1 unspecified atom stereocenters. The van der Waals surface area contributed by atoms with Gasteiger partial charge in [0.05, 0.1) is 12.2 Å². The highest BCUT2D eigenvalue weighted by Crippen LogP contribution is 2.40. The number of carbonyl (C=O) groups excluding carboxylic acids is 3. The van der Waals surface area contributed by atoms with Crippen molar-refractivity contribution < 1.29 is 23.9 Å². The van der Waals surface area contributed by atoms with E-state index >= 15 is 0 Å². The van der Waals surface area contributed by atoms with Crippen LogP contribution >= 0.6 is 0 Å². The van der Waals surface area contributed by atoms with E-state index in [0.717, 1.165) is 5.56 Å². The molecule has 0 N–H and O–H groups in total. The van der Waals surface area contributed by atoms with E-state index < -0.39 is 11.6 Å². The van der Waals surface area contributed by atoms with Gasteiger partial charge in [-0.3, -0.25) is 9.59 Å². The lowest BCUT2D eigenvalue weighted by Gasteiger charge is -2.15. The number of hydrogen-bond donors (Lipinski definition) is 0. The molecule has 1 aromatic carbocycles. The summed E-state index contributed by atoms with van der Waals surface area (Å²) < 4.78 is 10.4. The minimum absolute atomic E-state index is 0.0271. The normalized spacial score (nSPS) is 24.3. The van der Waals surface area contributed by atoms with Gasteiger partial charge in [-0.05, 0) is 24.6 Å². The summed E-state index contributed by atoms with van der Waals surface area (Å²) in [6.07, 6.45) is 0.518. The lowest BCUT2D eigenvalue weighted by atomic mass is 9.93. The number of ether oxygens (including phenoxy) is 2. The van der Waals surface area contributed by atoms with E-state index in [4.69, 9.17) is 9.47 Å². The molecule has 0 aliphatic carbocycles. The second kappa shape index (κ2) is 3.91. The first-order chi connectivity index (χ1) is 9.03. The zero-order valence-corrected chi connectivity index (χ0v) is 10.4. The van der Waals surface area contributed by atoms with Crippen LogP contribution in [0.15, 0.2) is 18.2 Å². The van der Waals surface area contributed by atoms with E-state index in [1.807, 2.05) is 0 Å². The molecule has 1 aromatic rings. The summed E-state index contributed by atoms with van der Waals surface area (Å²) in [6, 6.07) is 4.96. The average Bonchev–Trinajstić information content (AvgIpc) is 2.83. The highest BCUT2D eigenvalue weighted by atomic mass is 16.6. The van der Waals surface area contributed by atoms with Gasteiger partial charge < -0.3 is 9.47 Å². The fourth-order valence-electron chi connectivity index (χ4n) is 2.49. The molecular formula is C14H12O5. The van der Waals surface area contributed by atoms with Gasteiger partial charge in [-0.15, -0.1) is 0 Å². The predicted molar refractivity (Wildman–Crippen MR) is 64.1 cm³/mol. The Hall–Kier alpha value is -2.17. The molecular weight excluding hydrogens is 248 g/mol. The van der Waals surface area contributed by atoms with E-state index in [1.54, 1.807) is 18.2 Å². The van der Waals surface area contributed by atoms with Gasteiger partial charge in [0, 0.05) is 12.8 Å². The molecule has 1 spiro atoms. The van der Waals surface area contributed by atoms with E-state index in [-0.39, 0.29) is 31.0 Å². The molecule has 0 bridgehead atoms. The summed E-state index contributed by atoms with van der Waals surface area (Å²) in [4.78, 5) is 35.1. The number of carbonyl (C=O) groups is 3. The minimum Gasteiger partial charge on any atom is -0.466 e. The van der Waals surface area contributed by atoms with Gasteiger partial charge >= 0.3 is 5.97 Å². The van der Waals surface area contributed by atoms with Crippen molar-refractivity contribution in [1.82, 2.24) is 0 Å². The molecule has 2 aliphatic heterocycles. The summed E-state index contributed by atoms with van der Waals surface area (Å²) in [6.45, 7) is 1.69. The topological polar surface area (TPSA) is 69.7 Å². The Bertz CT molecular complexity index is 604. The number of benzene rings is 1. The zero-order chi connectivity index (χ0) is 13.6. The van der Waals surface area contributed by atoms with Crippen LogP contribution in [0.25, 0.3) is 0 Å². The fraction of sp³-hybridized carbons (Fsp3) is 0.357. The Kier molecular flexibility index (Phi) is 2.45. The summed E-state index contributed by atoms with van der Waals surface area (Å²) in [5, 5.41) is 0. The average molecular weight is 260 g/mol. The maximum atomic E-state index is 12.3. The highest BCUT2D eigenvalue weighted by Gasteiger charge is 2.58. The molecule has 19 heavy (non-hydrogen) atoms. The van der Waals surface area contributed by atoms with Crippen LogP contribution < -0.4 is 4.74 Å². The van der Waals surface area contributed by atoms with Crippen molar-refractivity contribution in [3.05, 3.63) is 29.3 Å². The predicted octanol–water partition coefficient (Wildman–Crippen LogP) is 1.08. The third kappa shape index (κ3) is 1.65. The third-order valence-corrected chi connectivity index (χ3v) is 3.41. The Morgan fingerprint density at radius 1 is 1.37 bits per heavy atom. The SMILES string of the molecule is CC(=O)Cc1ccc2c(c1)OC1(CCOC1=O)C2=O. The van der Waals surface area contributed by atoms with Crippen LogP contribution in [0.5, 0.6) is 5.75 Å². The van der Waals surface area contributed by atoms with Crippen LogP contribution in [0, 0.1) is 0 Å². The number of esters is 1. The Labute approximate surface area is 109 Å². The van der Waals surface area contributed by atoms with Crippen molar-refractivity contribution in [3.8, 4) is 5.75 Å². The van der Waals surface area contributed by atoms with E-state index in [0.29, 0.717) is 11.3 Å². The smallest absolute Gasteiger partial charge is 0.358 e. The monoisotopic (exact) mass is 260 g/mol. The van der Waals surface area contributed by atoms with Crippen LogP contribution in [0.1, 0.15) is 29.3 Å². The molecule has 0 radical (unpaired) electrons. The van der Waals surface area contributed by atoms with Crippen LogP contribution in [-0.4, -0.2) is 29.7 Å². The van der Waals surface area contributed by atoms with E-state index in [2.05, 4.69) is 0 Å². The quantitative estimate of drug-likeness (QED) is 0.588. The van der Waals surface area contributed by atoms with E-state index in [1.165, 1.54) is 6.92 Å². The van der Waals surface area contributed by atoms with Crippen molar-refractivity contribution in [1.29, 1.82) is 0 Å². The van der Waals surface area contributed by atoms with Gasteiger partial charge in [0.15, 0.2) is 0 Å².